The van der Waals surface area contributed by atoms with Crippen molar-refractivity contribution in [3.05, 3.63) is 23.8 Å². The van der Waals surface area contributed by atoms with Crippen LogP contribution in [0.25, 0.3) is 0 Å². The molecular weight excluding hydrogens is 580 g/mol. The first-order valence-corrected chi connectivity index (χ1v) is 14.6. The molecule has 1 amide bonds. The van der Waals surface area contributed by atoms with E-state index in [1.165, 1.54) is 51.5 Å². The second-order valence-corrected chi connectivity index (χ2v) is 10.6. The minimum atomic E-state index is -1.45. The van der Waals surface area contributed by atoms with Crippen LogP contribution in [0.15, 0.2) is 18.2 Å². The average Bonchev–Trinajstić information content (AvgIpc) is 2.97. The van der Waals surface area contributed by atoms with Gasteiger partial charge < -0.3 is 43.4 Å². The van der Waals surface area contributed by atoms with Crippen LogP contribution in [0.5, 0.6) is 11.5 Å². The summed E-state index contributed by atoms with van der Waals surface area (Å²) in [5.41, 5.74) is 0.328. The van der Waals surface area contributed by atoms with Gasteiger partial charge in [-0.3, -0.25) is 24.0 Å². The fourth-order valence-corrected chi connectivity index (χ4v) is 5.10. The third kappa shape index (κ3) is 10.4. The normalized spacial score (nSPS) is 23.5. The summed E-state index contributed by atoms with van der Waals surface area (Å²) in [4.78, 5) is 62.9. The van der Waals surface area contributed by atoms with Gasteiger partial charge in [-0.15, -0.1) is 0 Å². The molecule has 0 bridgehead atoms. The van der Waals surface area contributed by atoms with E-state index in [9.17, 15) is 24.0 Å². The van der Waals surface area contributed by atoms with Gasteiger partial charge in [-0.2, -0.15) is 0 Å². The van der Waals surface area contributed by atoms with Crippen LogP contribution in [0.2, 0.25) is 0 Å². The quantitative estimate of drug-likeness (QED) is 0.192. The predicted molar refractivity (Wildman–Crippen MR) is 153 cm³/mol. The number of piperidine rings is 1. The van der Waals surface area contributed by atoms with Crippen molar-refractivity contribution in [1.29, 1.82) is 0 Å². The van der Waals surface area contributed by atoms with E-state index in [-0.39, 0.29) is 17.4 Å². The topological polar surface area (TPSA) is 165 Å². The van der Waals surface area contributed by atoms with Crippen LogP contribution in [0.4, 0.5) is 0 Å². The molecule has 3 rings (SSSR count). The Morgan fingerprint density at radius 2 is 1.48 bits per heavy atom. The number of carbonyl (C=O) groups is 5. The number of nitrogens with zero attached hydrogens (tertiary/aromatic N) is 1. The number of hydrogen-bond acceptors (Lipinski definition) is 13. The van der Waals surface area contributed by atoms with Gasteiger partial charge in [0.25, 0.3) is 5.91 Å². The largest absolute Gasteiger partial charge is 0.493 e. The Morgan fingerprint density at radius 3 is 2.09 bits per heavy atom. The van der Waals surface area contributed by atoms with Gasteiger partial charge in [0.1, 0.15) is 12.7 Å². The number of ether oxygens (including phenoxy) is 7. The van der Waals surface area contributed by atoms with Crippen molar-refractivity contribution in [2.24, 2.45) is 0 Å². The van der Waals surface area contributed by atoms with E-state index in [1.807, 2.05) is 0 Å². The van der Waals surface area contributed by atoms with Gasteiger partial charge in [-0.25, -0.2) is 0 Å². The van der Waals surface area contributed by atoms with Crippen LogP contribution in [0.1, 0.15) is 63.7 Å². The fraction of sp³-hybridized carbons (Fsp3) is 0.633. The molecule has 14 heteroatoms. The van der Waals surface area contributed by atoms with Crippen LogP contribution in [0, 0.1) is 0 Å². The SMILES string of the molecule is COc1cc(C(=O)NCCCN2CCCCC2)ccc1O[C@H]1O[C@@H](COC(C)=O)[C@@H](OC(C)=O)[C@H](OC(C)=O)[C@H]1OC(C)=O. The number of esters is 4. The van der Waals surface area contributed by atoms with Crippen molar-refractivity contribution in [1.82, 2.24) is 10.2 Å². The van der Waals surface area contributed by atoms with Gasteiger partial charge in [0.15, 0.2) is 23.7 Å². The minimum absolute atomic E-state index is 0.107. The molecule has 2 aliphatic heterocycles. The lowest BCUT2D eigenvalue weighted by atomic mass is 9.98. The van der Waals surface area contributed by atoms with E-state index in [0.29, 0.717) is 12.1 Å². The van der Waals surface area contributed by atoms with E-state index >= 15 is 0 Å². The first-order valence-electron chi connectivity index (χ1n) is 14.6. The molecule has 0 aliphatic carbocycles. The van der Waals surface area contributed by atoms with E-state index in [1.54, 1.807) is 0 Å². The highest BCUT2D eigenvalue weighted by molar-refractivity contribution is 5.94. The fourth-order valence-electron chi connectivity index (χ4n) is 5.10. The molecule has 244 valence electrons. The maximum atomic E-state index is 12.8. The minimum Gasteiger partial charge on any atom is -0.493 e. The molecule has 5 atom stereocenters. The molecule has 0 spiro atoms. The number of methoxy groups -OCH3 is 1. The Labute approximate surface area is 256 Å². The summed E-state index contributed by atoms with van der Waals surface area (Å²) >= 11 is 0. The number of carbonyl (C=O) groups excluding carboxylic acids is 5. The first kappa shape index (κ1) is 34.6. The van der Waals surface area contributed by atoms with E-state index in [4.69, 9.17) is 33.2 Å². The Kier molecular flexibility index (Phi) is 13.2. The van der Waals surface area contributed by atoms with E-state index < -0.39 is 61.2 Å². The molecule has 1 aromatic carbocycles. The van der Waals surface area contributed by atoms with E-state index in [0.717, 1.165) is 46.8 Å². The van der Waals surface area contributed by atoms with Gasteiger partial charge in [-0.05, 0) is 57.1 Å². The summed E-state index contributed by atoms with van der Waals surface area (Å²) < 4.78 is 38.9. The molecule has 2 heterocycles. The smallest absolute Gasteiger partial charge is 0.303 e. The molecule has 2 saturated heterocycles. The summed E-state index contributed by atoms with van der Waals surface area (Å²) in [5.74, 6) is -2.93. The highest BCUT2D eigenvalue weighted by Crippen LogP contribution is 2.35. The zero-order valence-corrected chi connectivity index (χ0v) is 25.8. The molecule has 1 aromatic rings. The maximum Gasteiger partial charge on any atom is 0.303 e. The molecule has 44 heavy (non-hydrogen) atoms. The Hall–Kier alpha value is -3.91. The summed E-state index contributed by atoms with van der Waals surface area (Å²) in [6.45, 7) is 7.79. The van der Waals surface area contributed by atoms with Crippen molar-refractivity contribution < 1.29 is 57.1 Å². The predicted octanol–water partition coefficient (Wildman–Crippen LogP) is 1.76. The third-order valence-corrected chi connectivity index (χ3v) is 7.00. The molecule has 2 fully saturated rings. The van der Waals surface area contributed by atoms with Gasteiger partial charge in [0.2, 0.25) is 12.4 Å². The number of rotatable bonds is 13. The summed E-state index contributed by atoms with van der Waals surface area (Å²) in [5, 5.41) is 2.92. The number of likely N-dealkylation sites (tertiary alicyclic amines) is 1. The first-order chi connectivity index (χ1) is 21.0. The maximum absolute atomic E-state index is 12.8. The van der Waals surface area contributed by atoms with Crippen LogP contribution in [-0.2, 0) is 42.9 Å². The van der Waals surface area contributed by atoms with Gasteiger partial charge in [0, 0.05) is 39.8 Å². The van der Waals surface area contributed by atoms with Crippen molar-refractivity contribution >= 4 is 29.8 Å². The molecule has 14 nitrogen and oxygen atoms in total. The second-order valence-electron chi connectivity index (χ2n) is 10.6. The highest BCUT2D eigenvalue weighted by Gasteiger charge is 2.53. The molecule has 1 N–H and O–H groups in total. The Morgan fingerprint density at radius 1 is 0.841 bits per heavy atom. The zero-order valence-electron chi connectivity index (χ0n) is 25.8. The summed E-state index contributed by atoms with van der Waals surface area (Å²) in [6, 6.07) is 4.50. The van der Waals surface area contributed by atoms with Crippen LogP contribution < -0.4 is 14.8 Å². The number of amides is 1. The number of hydrogen-bond donors (Lipinski definition) is 1. The van der Waals surface area contributed by atoms with Crippen molar-refractivity contribution in [3.8, 4) is 11.5 Å². The zero-order chi connectivity index (χ0) is 32.2. The van der Waals surface area contributed by atoms with Crippen molar-refractivity contribution in [3.63, 3.8) is 0 Å². The Bertz CT molecular complexity index is 1170. The molecule has 0 saturated carbocycles. The number of benzene rings is 1. The molecule has 0 radical (unpaired) electrons. The highest BCUT2D eigenvalue weighted by atomic mass is 16.7. The lowest BCUT2D eigenvalue weighted by molar-refractivity contribution is -0.288. The summed E-state index contributed by atoms with van der Waals surface area (Å²) in [6.07, 6.45) is -2.24. The van der Waals surface area contributed by atoms with Gasteiger partial charge in [-0.1, -0.05) is 6.42 Å². The Balaban J connectivity index is 1.80. The second kappa shape index (κ2) is 16.8. The summed E-state index contributed by atoms with van der Waals surface area (Å²) in [7, 11) is 1.38. The molecule has 0 unspecified atom stereocenters. The molecule has 2 aliphatic rings. The van der Waals surface area contributed by atoms with Crippen LogP contribution in [-0.4, -0.2) is 105 Å². The van der Waals surface area contributed by atoms with Gasteiger partial charge >= 0.3 is 23.9 Å². The van der Waals surface area contributed by atoms with Crippen LogP contribution in [0.3, 0.4) is 0 Å². The lowest BCUT2D eigenvalue weighted by Gasteiger charge is -2.44. The monoisotopic (exact) mass is 622 g/mol. The average molecular weight is 623 g/mol. The van der Waals surface area contributed by atoms with Crippen molar-refractivity contribution in [2.45, 2.75) is 84.1 Å². The van der Waals surface area contributed by atoms with Crippen LogP contribution >= 0.6 is 0 Å². The standard InChI is InChI=1S/C30H42N2O12/c1-18(33)39-17-25-26(40-19(2)34)27(41-20(3)35)28(42-21(4)36)30(44-25)43-23-11-10-22(16-24(23)38-5)29(37)31-12-9-15-32-13-7-6-8-14-32/h10-11,16,25-28,30H,6-9,12-15,17H2,1-5H3,(H,31,37)/t25-,26+,27-,28+,30-/m0/s1. The third-order valence-electron chi connectivity index (χ3n) is 7.00. The van der Waals surface area contributed by atoms with Gasteiger partial charge in [0.05, 0.1) is 7.11 Å². The number of nitrogens with one attached hydrogen (secondary N) is 1. The molecular formula is C30H42N2O12. The van der Waals surface area contributed by atoms with E-state index in [2.05, 4.69) is 10.2 Å². The van der Waals surface area contributed by atoms with Crippen molar-refractivity contribution in [2.75, 3.05) is 39.9 Å². The lowest BCUT2D eigenvalue weighted by Crippen LogP contribution is -2.63. The molecule has 0 aromatic heterocycles.